The number of carbonyl (C=O) groups is 3. The molecule has 178 valence electrons. The number of carbonyl (C=O) groups excluding carboxylic acids is 2. The summed E-state index contributed by atoms with van der Waals surface area (Å²) in [6.45, 7) is 0.939. The van der Waals surface area contributed by atoms with Gasteiger partial charge in [-0.2, -0.15) is 0 Å². The molecule has 0 radical (unpaired) electrons. The second kappa shape index (κ2) is 9.46. The van der Waals surface area contributed by atoms with E-state index >= 15 is 0 Å². The number of ether oxygens (including phenoxy) is 2. The molecule has 1 aliphatic heterocycles. The first-order valence-electron chi connectivity index (χ1n) is 11.7. The highest BCUT2D eigenvalue weighted by molar-refractivity contribution is 5.81. The minimum atomic E-state index is -0.993. The fraction of sp³-hybridized carbons (Fsp3) is 0.423. The SMILES string of the molecule is O=C(NC1CC(C(=O)NC[C@@H]2CCO[C@@H]2C(=O)O)C1)OCC1c2ccccc2-c2ccccc21. The fourth-order valence-corrected chi connectivity index (χ4v) is 5.25. The second-order valence-electron chi connectivity index (χ2n) is 9.26. The number of hydrogen-bond acceptors (Lipinski definition) is 5. The van der Waals surface area contributed by atoms with Gasteiger partial charge in [-0.25, -0.2) is 9.59 Å². The van der Waals surface area contributed by atoms with E-state index in [1.165, 1.54) is 11.1 Å². The lowest BCUT2D eigenvalue weighted by molar-refractivity contribution is -0.149. The van der Waals surface area contributed by atoms with E-state index in [9.17, 15) is 14.4 Å². The van der Waals surface area contributed by atoms with E-state index < -0.39 is 18.2 Å². The molecule has 2 fully saturated rings. The first kappa shape index (κ1) is 22.4. The van der Waals surface area contributed by atoms with E-state index in [-0.39, 0.29) is 42.9 Å². The van der Waals surface area contributed by atoms with Gasteiger partial charge in [0.1, 0.15) is 6.61 Å². The number of carboxylic acid groups (broad SMARTS) is 1. The number of hydrogen-bond donors (Lipinski definition) is 3. The molecule has 1 heterocycles. The van der Waals surface area contributed by atoms with Gasteiger partial charge >= 0.3 is 12.1 Å². The van der Waals surface area contributed by atoms with Crippen molar-refractivity contribution in [2.75, 3.05) is 19.8 Å². The average Bonchev–Trinajstić information content (AvgIpc) is 3.41. The Morgan fingerprint density at radius 1 is 1.00 bits per heavy atom. The van der Waals surface area contributed by atoms with Crippen LogP contribution in [0.1, 0.15) is 36.3 Å². The zero-order valence-electron chi connectivity index (χ0n) is 18.7. The van der Waals surface area contributed by atoms with Crippen molar-refractivity contribution in [1.82, 2.24) is 10.6 Å². The maximum absolute atomic E-state index is 12.4. The summed E-state index contributed by atoms with van der Waals surface area (Å²) in [6, 6.07) is 16.3. The van der Waals surface area contributed by atoms with Crippen LogP contribution in [0.15, 0.2) is 48.5 Å². The number of amides is 2. The van der Waals surface area contributed by atoms with Gasteiger partial charge in [-0.05, 0) is 41.5 Å². The standard InChI is InChI=1S/C26H28N2O6/c29-24(27-13-15-9-10-33-23(15)25(30)31)16-11-17(12-16)28-26(32)34-14-22-20-7-3-1-5-18(20)19-6-2-4-8-21(19)22/h1-8,15-17,22-23H,9-14H2,(H,27,29)(H,28,32)(H,30,31)/t15-,16?,17?,23-/m0/s1. The van der Waals surface area contributed by atoms with E-state index in [1.54, 1.807) is 0 Å². The summed E-state index contributed by atoms with van der Waals surface area (Å²) in [6.07, 6.45) is 0.371. The molecule has 0 aromatic heterocycles. The lowest BCUT2D eigenvalue weighted by Gasteiger charge is -2.34. The normalized spacial score (nSPS) is 25.1. The van der Waals surface area contributed by atoms with Gasteiger partial charge in [0.25, 0.3) is 0 Å². The van der Waals surface area contributed by atoms with Gasteiger partial charge in [0, 0.05) is 36.9 Å². The van der Waals surface area contributed by atoms with Crippen LogP contribution in [0, 0.1) is 11.8 Å². The maximum atomic E-state index is 12.4. The molecule has 34 heavy (non-hydrogen) atoms. The van der Waals surface area contributed by atoms with Gasteiger partial charge in [0.2, 0.25) is 5.91 Å². The number of fused-ring (bicyclic) bond motifs is 3. The average molecular weight is 465 g/mol. The Labute approximate surface area is 197 Å². The van der Waals surface area contributed by atoms with Gasteiger partial charge in [-0.1, -0.05) is 48.5 Å². The van der Waals surface area contributed by atoms with Gasteiger partial charge in [-0.15, -0.1) is 0 Å². The van der Waals surface area contributed by atoms with Crippen LogP contribution in [-0.2, 0) is 19.1 Å². The summed E-state index contributed by atoms with van der Waals surface area (Å²) in [5.74, 6) is -1.50. The molecule has 5 rings (SSSR count). The van der Waals surface area contributed by atoms with Crippen molar-refractivity contribution in [2.45, 2.75) is 37.3 Å². The molecule has 0 bridgehead atoms. The van der Waals surface area contributed by atoms with E-state index in [2.05, 4.69) is 34.9 Å². The fourth-order valence-electron chi connectivity index (χ4n) is 5.25. The quantitative estimate of drug-likeness (QED) is 0.581. The van der Waals surface area contributed by atoms with Crippen molar-refractivity contribution >= 4 is 18.0 Å². The number of carboxylic acids is 1. The summed E-state index contributed by atoms with van der Waals surface area (Å²) < 4.78 is 10.8. The topological polar surface area (TPSA) is 114 Å². The van der Waals surface area contributed by atoms with Gasteiger partial charge < -0.3 is 25.2 Å². The van der Waals surface area contributed by atoms with Gasteiger partial charge in [-0.3, -0.25) is 4.79 Å². The summed E-state index contributed by atoms with van der Waals surface area (Å²) in [7, 11) is 0. The van der Waals surface area contributed by atoms with Crippen molar-refractivity contribution in [3.05, 3.63) is 59.7 Å². The predicted molar refractivity (Wildman–Crippen MR) is 123 cm³/mol. The number of rotatable bonds is 7. The number of nitrogens with one attached hydrogen (secondary N) is 2. The second-order valence-corrected chi connectivity index (χ2v) is 9.26. The molecule has 8 nitrogen and oxygen atoms in total. The summed E-state index contributed by atoms with van der Waals surface area (Å²) in [5, 5.41) is 14.8. The molecule has 3 N–H and O–H groups in total. The lowest BCUT2D eigenvalue weighted by Crippen LogP contribution is -2.50. The molecule has 2 aromatic carbocycles. The largest absolute Gasteiger partial charge is 0.479 e. The molecular weight excluding hydrogens is 436 g/mol. The first-order chi connectivity index (χ1) is 16.5. The molecule has 2 amide bonds. The van der Waals surface area contributed by atoms with Gasteiger partial charge in [0.05, 0.1) is 0 Å². The molecule has 2 aliphatic carbocycles. The van der Waals surface area contributed by atoms with Crippen LogP contribution in [0.4, 0.5) is 4.79 Å². The van der Waals surface area contributed by atoms with Gasteiger partial charge in [0.15, 0.2) is 6.10 Å². The summed E-state index contributed by atoms with van der Waals surface area (Å²) in [5.41, 5.74) is 4.68. The monoisotopic (exact) mass is 464 g/mol. The Kier molecular flexibility index (Phi) is 6.24. The molecule has 3 aliphatic rings. The zero-order chi connectivity index (χ0) is 23.7. The van der Waals surface area contributed by atoms with Crippen LogP contribution < -0.4 is 10.6 Å². The van der Waals surface area contributed by atoms with E-state index in [4.69, 9.17) is 14.6 Å². The van der Waals surface area contributed by atoms with Crippen molar-refractivity contribution in [1.29, 1.82) is 0 Å². The van der Waals surface area contributed by atoms with Crippen molar-refractivity contribution < 1.29 is 29.0 Å². The highest BCUT2D eigenvalue weighted by atomic mass is 16.5. The predicted octanol–water partition coefficient (Wildman–Crippen LogP) is 2.91. The van der Waals surface area contributed by atoms with Crippen LogP contribution in [0.5, 0.6) is 0 Å². The van der Waals surface area contributed by atoms with Crippen LogP contribution >= 0.6 is 0 Å². The smallest absolute Gasteiger partial charge is 0.407 e. The third-order valence-corrected chi connectivity index (χ3v) is 7.17. The molecule has 1 saturated carbocycles. The van der Waals surface area contributed by atoms with Crippen molar-refractivity contribution in [3.63, 3.8) is 0 Å². The molecule has 2 atom stereocenters. The molecule has 8 heteroatoms. The third-order valence-electron chi connectivity index (χ3n) is 7.17. The van der Waals surface area contributed by atoms with Crippen LogP contribution in [0.25, 0.3) is 11.1 Å². The minimum absolute atomic E-state index is 0.00672. The molecule has 2 aromatic rings. The zero-order valence-corrected chi connectivity index (χ0v) is 18.7. The summed E-state index contributed by atoms with van der Waals surface area (Å²) >= 11 is 0. The van der Waals surface area contributed by atoms with E-state index in [0.29, 0.717) is 25.9 Å². The molecule has 1 saturated heterocycles. The van der Waals surface area contributed by atoms with Crippen LogP contribution in [-0.4, -0.2) is 55.0 Å². The Bertz CT molecular complexity index is 1050. The Morgan fingerprint density at radius 2 is 1.65 bits per heavy atom. The Morgan fingerprint density at radius 3 is 2.29 bits per heavy atom. The molecule has 0 unspecified atom stereocenters. The molecular formula is C26H28N2O6. The highest BCUT2D eigenvalue weighted by Crippen LogP contribution is 2.44. The highest BCUT2D eigenvalue weighted by Gasteiger charge is 2.38. The van der Waals surface area contributed by atoms with E-state index in [0.717, 1.165) is 11.1 Å². The first-order valence-corrected chi connectivity index (χ1v) is 11.7. The number of aliphatic carboxylic acids is 1. The third kappa shape index (κ3) is 4.37. The van der Waals surface area contributed by atoms with Crippen molar-refractivity contribution in [3.8, 4) is 11.1 Å². The molecule has 0 spiro atoms. The number of benzene rings is 2. The van der Waals surface area contributed by atoms with Crippen molar-refractivity contribution in [2.24, 2.45) is 11.8 Å². The summed E-state index contributed by atoms with van der Waals surface area (Å²) in [4.78, 5) is 36.0. The Hall–Kier alpha value is -3.39. The minimum Gasteiger partial charge on any atom is -0.479 e. The lowest BCUT2D eigenvalue weighted by atomic mass is 9.79. The number of alkyl carbamates (subject to hydrolysis) is 1. The maximum Gasteiger partial charge on any atom is 0.407 e. The van der Waals surface area contributed by atoms with Crippen LogP contribution in [0.2, 0.25) is 0 Å². The van der Waals surface area contributed by atoms with Crippen LogP contribution in [0.3, 0.4) is 0 Å². The van der Waals surface area contributed by atoms with E-state index in [1.807, 2.05) is 24.3 Å². The Balaban J connectivity index is 1.06.